The number of carboxylic acid groups (broad SMARTS) is 1. The van der Waals surface area contributed by atoms with Gasteiger partial charge in [-0.05, 0) is 31.2 Å². The predicted octanol–water partition coefficient (Wildman–Crippen LogP) is 2.82. The van der Waals surface area contributed by atoms with Crippen LogP contribution in [0.1, 0.15) is 21.7 Å². The van der Waals surface area contributed by atoms with Crippen LogP contribution in [0.15, 0.2) is 46.9 Å². The van der Waals surface area contributed by atoms with Crippen molar-refractivity contribution in [2.45, 2.75) is 13.5 Å². The largest absolute Gasteiger partial charge is 0.545 e. The molecule has 22 heavy (non-hydrogen) atoms. The number of aryl methyl sites for hydroxylation is 1. The number of hydrogen-bond donors (Lipinski definition) is 0. The monoisotopic (exact) mass is 299 g/mol. The fourth-order valence-electron chi connectivity index (χ4n) is 2.32. The lowest BCUT2D eigenvalue weighted by molar-refractivity contribution is -0.254. The molecule has 1 aromatic heterocycles. The van der Waals surface area contributed by atoms with Gasteiger partial charge in [-0.25, -0.2) is 4.39 Å². The van der Waals surface area contributed by atoms with Gasteiger partial charge in [-0.3, -0.25) is 0 Å². The van der Waals surface area contributed by atoms with Gasteiger partial charge < -0.3 is 19.1 Å². The van der Waals surface area contributed by atoms with Gasteiger partial charge >= 0.3 is 0 Å². The molecule has 3 aromatic rings. The maximum Gasteiger partial charge on any atom is 0.135 e. The number of benzene rings is 2. The van der Waals surface area contributed by atoms with Crippen LogP contribution in [-0.4, -0.2) is 5.97 Å². The Kier molecular flexibility index (Phi) is 3.55. The van der Waals surface area contributed by atoms with E-state index in [1.54, 1.807) is 43.3 Å². The SMILES string of the molecule is Cc1oc2ccc(OCc3ccccc3F)cc2c1C(=O)[O-]. The van der Waals surface area contributed by atoms with Gasteiger partial charge in [0.05, 0.1) is 5.97 Å². The first-order valence-electron chi connectivity index (χ1n) is 6.67. The van der Waals surface area contributed by atoms with Gasteiger partial charge in [-0.15, -0.1) is 0 Å². The van der Waals surface area contributed by atoms with Crippen LogP contribution in [0.4, 0.5) is 4.39 Å². The van der Waals surface area contributed by atoms with Gasteiger partial charge in [0.2, 0.25) is 0 Å². The second kappa shape index (κ2) is 5.52. The normalized spacial score (nSPS) is 10.8. The minimum Gasteiger partial charge on any atom is -0.545 e. The van der Waals surface area contributed by atoms with E-state index >= 15 is 0 Å². The number of halogens is 1. The fourth-order valence-corrected chi connectivity index (χ4v) is 2.32. The summed E-state index contributed by atoms with van der Waals surface area (Å²) in [6, 6.07) is 11.1. The lowest BCUT2D eigenvalue weighted by Gasteiger charge is -2.07. The maximum absolute atomic E-state index is 13.5. The van der Waals surface area contributed by atoms with Crippen LogP contribution >= 0.6 is 0 Å². The Hall–Kier alpha value is -2.82. The molecule has 0 aliphatic rings. The lowest BCUT2D eigenvalue weighted by atomic mass is 10.1. The fraction of sp³-hybridized carbons (Fsp3) is 0.118. The summed E-state index contributed by atoms with van der Waals surface area (Å²) in [5.41, 5.74) is 0.868. The van der Waals surface area contributed by atoms with Crippen LogP contribution in [0.2, 0.25) is 0 Å². The molecule has 3 rings (SSSR count). The Bertz CT molecular complexity index is 851. The number of aromatic carboxylic acids is 1. The summed E-state index contributed by atoms with van der Waals surface area (Å²) >= 11 is 0. The smallest absolute Gasteiger partial charge is 0.135 e. The highest BCUT2D eigenvalue weighted by atomic mass is 19.1. The molecule has 0 unspecified atom stereocenters. The lowest BCUT2D eigenvalue weighted by Crippen LogP contribution is -2.22. The van der Waals surface area contributed by atoms with Crippen LogP contribution in [0.25, 0.3) is 11.0 Å². The number of carboxylic acids is 1. The van der Waals surface area contributed by atoms with E-state index in [-0.39, 0.29) is 23.7 Å². The third kappa shape index (κ3) is 2.53. The molecule has 0 fully saturated rings. The summed E-state index contributed by atoms with van der Waals surface area (Å²) in [7, 11) is 0. The number of ether oxygens (including phenoxy) is 1. The van der Waals surface area contributed by atoms with E-state index in [2.05, 4.69) is 0 Å². The van der Waals surface area contributed by atoms with Crippen molar-refractivity contribution in [1.29, 1.82) is 0 Å². The molecule has 0 amide bonds. The molecule has 4 nitrogen and oxygen atoms in total. The van der Waals surface area contributed by atoms with E-state index in [9.17, 15) is 14.3 Å². The van der Waals surface area contributed by atoms with Crippen molar-refractivity contribution in [2.75, 3.05) is 0 Å². The summed E-state index contributed by atoms with van der Waals surface area (Å²) in [6.07, 6.45) is 0. The van der Waals surface area contributed by atoms with Crippen LogP contribution in [0.5, 0.6) is 5.75 Å². The molecule has 0 aliphatic heterocycles. The first-order valence-corrected chi connectivity index (χ1v) is 6.67. The Morgan fingerprint density at radius 3 is 2.77 bits per heavy atom. The molecule has 112 valence electrons. The molecular weight excluding hydrogens is 287 g/mol. The number of hydrogen-bond acceptors (Lipinski definition) is 4. The topological polar surface area (TPSA) is 62.5 Å². The highest BCUT2D eigenvalue weighted by Crippen LogP contribution is 2.29. The van der Waals surface area contributed by atoms with Crippen LogP contribution < -0.4 is 9.84 Å². The van der Waals surface area contributed by atoms with E-state index in [0.29, 0.717) is 22.3 Å². The molecule has 0 N–H and O–H groups in total. The summed E-state index contributed by atoms with van der Waals surface area (Å²) in [6.45, 7) is 1.61. The quantitative estimate of drug-likeness (QED) is 0.743. The zero-order valence-electron chi connectivity index (χ0n) is 11.8. The van der Waals surface area contributed by atoms with Crippen molar-refractivity contribution < 1.29 is 23.4 Å². The van der Waals surface area contributed by atoms with Gasteiger partial charge in [0.1, 0.15) is 29.5 Å². The van der Waals surface area contributed by atoms with Crippen molar-refractivity contribution >= 4 is 16.9 Å². The minimum absolute atomic E-state index is 0.00587. The molecule has 0 atom stereocenters. The third-order valence-electron chi connectivity index (χ3n) is 3.39. The summed E-state index contributed by atoms with van der Waals surface area (Å²) in [4.78, 5) is 11.2. The molecule has 0 saturated heterocycles. The van der Waals surface area contributed by atoms with Crippen molar-refractivity contribution in [3.05, 3.63) is 65.2 Å². The number of rotatable bonds is 4. The number of carbonyl (C=O) groups is 1. The first-order chi connectivity index (χ1) is 10.6. The second-order valence-electron chi connectivity index (χ2n) is 4.86. The molecule has 0 saturated carbocycles. The van der Waals surface area contributed by atoms with E-state index in [1.165, 1.54) is 6.07 Å². The summed E-state index contributed by atoms with van der Waals surface area (Å²) < 4.78 is 24.4. The van der Waals surface area contributed by atoms with Gasteiger partial charge in [0.25, 0.3) is 0 Å². The number of furan rings is 1. The Labute approximate surface area is 125 Å². The highest BCUT2D eigenvalue weighted by molar-refractivity contribution is 6.03. The molecule has 0 radical (unpaired) electrons. The molecule has 0 bridgehead atoms. The van der Waals surface area contributed by atoms with Gasteiger partial charge in [-0.1, -0.05) is 18.2 Å². The molecule has 5 heteroatoms. The van der Waals surface area contributed by atoms with Crippen LogP contribution in [0, 0.1) is 12.7 Å². The minimum atomic E-state index is -1.30. The van der Waals surface area contributed by atoms with Gasteiger partial charge in [-0.2, -0.15) is 0 Å². The summed E-state index contributed by atoms with van der Waals surface area (Å²) in [5.74, 6) is -0.944. The zero-order chi connectivity index (χ0) is 15.7. The van der Waals surface area contributed by atoms with E-state index in [0.717, 1.165) is 0 Å². The van der Waals surface area contributed by atoms with E-state index < -0.39 is 5.97 Å². The molecule has 0 aliphatic carbocycles. The standard InChI is InChI=1S/C17H13FO4/c1-10-16(17(19)20)13-8-12(6-7-15(13)22-10)21-9-11-4-2-3-5-14(11)18/h2-8H,9H2,1H3,(H,19,20)/p-1. The average molecular weight is 299 g/mol. The Morgan fingerprint density at radius 1 is 1.27 bits per heavy atom. The molecule has 0 spiro atoms. The van der Waals surface area contributed by atoms with Crippen molar-refractivity contribution in [3.8, 4) is 5.75 Å². The Balaban J connectivity index is 1.90. The summed E-state index contributed by atoms with van der Waals surface area (Å²) in [5, 5.41) is 11.6. The van der Waals surface area contributed by atoms with E-state index in [4.69, 9.17) is 9.15 Å². The van der Waals surface area contributed by atoms with E-state index in [1.807, 2.05) is 0 Å². The van der Waals surface area contributed by atoms with Crippen molar-refractivity contribution in [1.82, 2.24) is 0 Å². The third-order valence-corrected chi connectivity index (χ3v) is 3.39. The average Bonchev–Trinajstić information content (AvgIpc) is 2.81. The number of fused-ring (bicyclic) bond motifs is 1. The maximum atomic E-state index is 13.5. The Morgan fingerprint density at radius 2 is 2.05 bits per heavy atom. The molecule has 1 heterocycles. The molecule has 2 aromatic carbocycles. The highest BCUT2D eigenvalue weighted by Gasteiger charge is 2.13. The van der Waals surface area contributed by atoms with Crippen LogP contribution in [0.3, 0.4) is 0 Å². The number of carbonyl (C=O) groups excluding carboxylic acids is 1. The first kappa shape index (κ1) is 14.1. The van der Waals surface area contributed by atoms with Gasteiger partial charge in [0, 0.05) is 16.5 Å². The van der Waals surface area contributed by atoms with Crippen molar-refractivity contribution in [3.63, 3.8) is 0 Å². The predicted molar refractivity (Wildman–Crippen MR) is 76.0 cm³/mol. The zero-order valence-corrected chi connectivity index (χ0v) is 11.8. The molecular formula is C17H12FO4-. The van der Waals surface area contributed by atoms with Crippen molar-refractivity contribution in [2.24, 2.45) is 0 Å². The van der Waals surface area contributed by atoms with Crippen LogP contribution in [-0.2, 0) is 6.61 Å². The van der Waals surface area contributed by atoms with Gasteiger partial charge in [0.15, 0.2) is 0 Å². The second-order valence-corrected chi connectivity index (χ2v) is 4.86.